The van der Waals surface area contributed by atoms with Gasteiger partial charge in [0.15, 0.2) is 0 Å². The molecule has 0 bridgehead atoms. The number of β-amino-alcohol motifs (C(OH)–C–C–N with tert-alkyl or cyclic N) is 1. The number of rotatable bonds is 12. The van der Waals surface area contributed by atoms with E-state index in [0.717, 1.165) is 11.1 Å². The summed E-state index contributed by atoms with van der Waals surface area (Å²) < 4.78 is 12.7. The van der Waals surface area contributed by atoms with E-state index in [-0.39, 0.29) is 49.4 Å². The van der Waals surface area contributed by atoms with Gasteiger partial charge in [0, 0.05) is 61.1 Å². The molecule has 1 aromatic heterocycles. The lowest BCUT2D eigenvalue weighted by Crippen LogP contribution is -2.53. The number of nitrogens with one attached hydrogen (secondary N) is 1. The number of aromatic nitrogens is 1. The molecular weight excluding hydrogens is 632 g/mol. The molecule has 2 aliphatic rings. The van der Waals surface area contributed by atoms with Gasteiger partial charge in [-0.2, -0.15) is 5.26 Å². The topological polar surface area (TPSA) is 145 Å². The summed E-state index contributed by atoms with van der Waals surface area (Å²) in [5.74, 6) is -0.562. The Morgan fingerprint density at radius 2 is 1.92 bits per heavy atom. The zero-order chi connectivity index (χ0) is 34.5. The second-order valence-electron chi connectivity index (χ2n) is 12.6. The summed E-state index contributed by atoms with van der Waals surface area (Å²) in [7, 11) is 0. The number of amides is 1. The number of carboxylic acids is 1. The standard InChI is InChI=1S/C37H39ClN4O6/c1-4-41-35(46)37(12-8-11-29(36(37,2)3)26-9-6-5-7-10-26)23-48-33-16-32(47-22-25-13-24(17-39)18-40-19-25)27(14-30(33)38)20-42-21-28(43)15-31(42)34(44)45/h5-14,16,18-19,28,31,43H,4,15,20-23H2,1-3H3,(H,41,46)(H,44,45)/t28-,31+,37?/m1/s1. The highest BCUT2D eigenvalue weighted by Crippen LogP contribution is 2.53. The van der Waals surface area contributed by atoms with Gasteiger partial charge in [-0.15, -0.1) is 0 Å². The van der Waals surface area contributed by atoms with Gasteiger partial charge in [0.1, 0.15) is 42.2 Å². The van der Waals surface area contributed by atoms with Crippen LogP contribution in [-0.2, 0) is 22.7 Å². The molecule has 250 valence electrons. The van der Waals surface area contributed by atoms with Crippen molar-refractivity contribution in [2.75, 3.05) is 19.7 Å². The quantitative estimate of drug-likeness (QED) is 0.231. The molecule has 2 heterocycles. The average Bonchev–Trinajstić information content (AvgIpc) is 3.44. The van der Waals surface area contributed by atoms with Crippen LogP contribution < -0.4 is 14.8 Å². The van der Waals surface area contributed by atoms with E-state index in [1.165, 1.54) is 6.20 Å². The minimum absolute atomic E-state index is 0.0431. The van der Waals surface area contributed by atoms with Gasteiger partial charge in [0.05, 0.1) is 16.7 Å². The zero-order valence-corrected chi connectivity index (χ0v) is 27.9. The zero-order valence-electron chi connectivity index (χ0n) is 27.1. The number of benzene rings is 2. The fraction of sp³-hybridized carbons (Fsp3) is 0.351. The van der Waals surface area contributed by atoms with Gasteiger partial charge in [-0.1, -0.05) is 74.0 Å². The minimum Gasteiger partial charge on any atom is -0.490 e. The fourth-order valence-corrected chi connectivity index (χ4v) is 6.71. The number of aliphatic hydroxyl groups is 1. The van der Waals surface area contributed by atoms with Crippen molar-refractivity contribution < 1.29 is 29.3 Å². The second kappa shape index (κ2) is 14.6. The number of carbonyl (C=O) groups excluding carboxylic acids is 1. The summed E-state index contributed by atoms with van der Waals surface area (Å²) >= 11 is 6.83. The Bertz CT molecular complexity index is 1770. The van der Waals surface area contributed by atoms with Crippen LogP contribution in [0.3, 0.4) is 0 Å². The van der Waals surface area contributed by atoms with Gasteiger partial charge in [0.2, 0.25) is 5.91 Å². The molecule has 1 aliphatic carbocycles. The molecule has 1 saturated heterocycles. The molecule has 1 amide bonds. The van der Waals surface area contributed by atoms with Crippen LogP contribution in [0, 0.1) is 22.2 Å². The number of nitrogens with zero attached hydrogens (tertiary/aromatic N) is 3. The van der Waals surface area contributed by atoms with Crippen LogP contribution >= 0.6 is 11.6 Å². The Hall–Kier alpha value is -4.69. The molecule has 3 N–H and O–H groups in total. The summed E-state index contributed by atoms with van der Waals surface area (Å²) in [6, 6.07) is 16.1. The number of pyridine rings is 1. The van der Waals surface area contributed by atoms with E-state index in [1.807, 2.05) is 69.3 Å². The van der Waals surface area contributed by atoms with E-state index in [0.29, 0.717) is 29.0 Å². The first-order valence-corrected chi connectivity index (χ1v) is 16.2. The van der Waals surface area contributed by atoms with E-state index in [9.17, 15) is 25.1 Å². The van der Waals surface area contributed by atoms with Gasteiger partial charge in [-0.25, -0.2) is 0 Å². The van der Waals surface area contributed by atoms with Gasteiger partial charge >= 0.3 is 5.97 Å². The number of nitriles is 1. The molecule has 11 heteroatoms. The number of carboxylic acid groups (broad SMARTS) is 1. The van der Waals surface area contributed by atoms with Crippen molar-refractivity contribution in [3.8, 4) is 17.6 Å². The molecule has 0 spiro atoms. The van der Waals surface area contributed by atoms with Crippen LogP contribution in [0.25, 0.3) is 5.57 Å². The van der Waals surface area contributed by atoms with Gasteiger partial charge in [-0.05, 0) is 30.2 Å². The van der Waals surface area contributed by atoms with Crippen molar-refractivity contribution in [3.63, 3.8) is 0 Å². The highest BCUT2D eigenvalue weighted by atomic mass is 35.5. The first-order valence-electron chi connectivity index (χ1n) is 15.8. The predicted octanol–water partition coefficient (Wildman–Crippen LogP) is 5.39. The van der Waals surface area contributed by atoms with Crippen molar-refractivity contribution in [1.82, 2.24) is 15.2 Å². The summed E-state index contributed by atoms with van der Waals surface area (Å²) in [6.07, 6.45) is 8.17. The maximum atomic E-state index is 13.9. The van der Waals surface area contributed by atoms with Crippen LogP contribution in [-0.4, -0.2) is 63.8 Å². The predicted molar refractivity (Wildman–Crippen MR) is 181 cm³/mol. The van der Waals surface area contributed by atoms with Crippen LogP contribution in [0.15, 0.2) is 79.2 Å². The summed E-state index contributed by atoms with van der Waals surface area (Å²) in [5.41, 5.74) is 1.80. The minimum atomic E-state index is -1.12. The number of aliphatic hydroxyl groups excluding tert-OH is 1. The van der Waals surface area contributed by atoms with E-state index in [1.54, 1.807) is 29.3 Å². The van der Waals surface area contributed by atoms with Crippen molar-refractivity contribution >= 4 is 29.1 Å². The smallest absolute Gasteiger partial charge is 0.321 e. The molecule has 3 atom stereocenters. The summed E-state index contributed by atoms with van der Waals surface area (Å²) in [4.78, 5) is 31.7. The maximum absolute atomic E-state index is 13.9. The molecule has 0 radical (unpaired) electrons. The van der Waals surface area contributed by atoms with E-state index in [2.05, 4.69) is 16.4 Å². The summed E-state index contributed by atoms with van der Waals surface area (Å²) in [5, 5.41) is 32.6. The molecule has 5 rings (SSSR count). The number of aliphatic carboxylic acids is 1. The lowest BCUT2D eigenvalue weighted by Gasteiger charge is -2.46. The van der Waals surface area contributed by atoms with Gasteiger partial charge in [0.25, 0.3) is 0 Å². The summed E-state index contributed by atoms with van der Waals surface area (Å²) in [6.45, 7) is 6.70. The second-order valence-corrected chi connectivity index (χ2v) is 13.0. The molecule has 10 nitrogen and oxygen atoms in total. The Balaban J connectivity index is 1.49. The molecule has 0 saturated carbocycles. The first kappa shape index (κ1) is 34.6. The Morgan fingerprint density at radius 3 is 2.62 bits per heavy atom. The molecule has 3 aromatic rings. The molecule has 1 fully saturated rings. The van der Waals surface area contributed by atoms with Crippen LogP contribution in [0.1, 0.15) is 49.4 Å². The van der Waals surface area contributed by atoms with Crippen molar-refractivity contribution in [2.24, 2.45) is 10.8 Å². The van der Waals surface area contributed by atoms with Crippen molar-refractivity contribution in [1.29, 1.82) is 5.26 Å². The normalized spacial score (nSPS) is 21.6. The number of allylic oxidation sites excluding steroid dienone is 3. The first-order chi connectivity index (χ1) is 23.0. The lowest BCUT2D eigenvalue weighted by atomic mass is 9.58. The van der Waals surface area contributed by atoms with Crippen LogP contribution in [0.4, 0.5) is 0 Å². The number of halogens is 1. The molecule has 48 heavy (non-hydrogen) atoms. The Labute approximate surface area is 285 Å². The third kappa shape index (κ3) is 7.09. The van der Waals surface area contributed by atoms with Crippen molar-refractivity contribution in [2.45, 2.75) is 52.5 Å². The average molecular weight is 671 g/mol. The number of likely N-dealkylation sites (tertiary alicyclic amines) is 1. The number of hydrogen-bond acceptors (Lipinski definition) is 8. The maximum Gasteiger partial charge on any atom is 0.321 e. The monoisotopic (exact) mass is 670 g/mol. The highest BCUT2D eigenvalue weighted by molar-refractivity contribution is 6.32. The largest absolute Gasteiger partial charge is 0.490 e. The van der Waals surface area contributed by atoms with E-state index >= 15 is 0 Å². The van der Waals surface area contributed by atoms with E-state index < -0.39 is 28.9 Å². The van der Waals surface area contributed by atoms with Gasteiger partial charge < -0.3 is 25.0 Å². The highest BCUT2D eigenvalue weighted by Gasteiger charge is 2.53. The third-order valence-electron chi connectivity index (χ3n) is 9.19. The van der Waals surface area contributed by atoms with Crippen molar-refractivity contribution in [3.05, 3.63) is 106 Å². The van der Waals surface area contributed by atoms with Crippen LogP contribution in [0.5, 0.6) is 11.5 Å². The lowest BCUT2D eigenvalue weighted by molar-refractivity contribution is -0.142. The van der Waals surface area contributed by atoms with Gasteiger partial charge in [-0.3, -0.25) is 19.5 Å². The number of hydrogen-bond donors (Lipinski definition) is 3. The fourth-order valence-electron chi connectivity index (χ4n) is 6.47. The Morgan fingerprint density at radius 1 is 1.15 bits per heavy atom. The number of carbonyl (C=O) groups is 2. The SMILES string of the molecule is CCNC(=O)C1(COc2cc(OCc3cncc(C#N)c3)c(CN3C[C@H](O)C[C@H]3C(=O)O)cc2Cl)C=CC=C(c2ccccc2)C1(C)C. The molecule has 1 unspecified atom stereocenters. The molecule has 2 aromatic carbocycles. The van der Waals surface area contributed by atoms with Crippen LogP contribution in [0.2, 0.25) is 5.02 Å². The third-order valence-corrected chi connectivity index (χ3v) is 9.48. The Kier molecular flexibility index (Phi) is 10.5. The number of ether oxygens (including phenoxy) is 2. The van der Waals surface area contributed by atoms with E-state index in [4.69, 9.17) is 21.1 Å². The molecule has 1 aliphatic heterocycles. The molecular formula is C37H39ClN4O6.